The quantitative estimate of drug-likeness (QED) is 0.735. The molecule has 0 radical (unpaired) electrons. The summed E-state index contributed by atoms with van der Waals surface area (Å²) >= 11 is 0. The van der Waals surface area contributed by atoms with E-state index in [0.717, 1.165) is 5.69 Å². The van der Waals surface area contributed by atoms with Crippen molar-refractivity contribution in [2.24, 2.45) is 0 Å². The molecule has 2 heterocycles. The van der Waals surface area contributed by atoms with E-state index in [2.05, 4.69) is 4.98 Å². The topological polar surface area (TPSA) is 57.4 Å². The second kappa shape index (κ2) is 3.22. The minimum atomic E-state index is -0.533. The predicted molar refractivity (Wildman–Crippen MR) is 52.5 cm³/mol. The molecule has 1 atom stereocenters. The molecule has 76 valence electrons. The molecule has 1 aliphatic heterocycles. The molecule has 1 aromatic heterocycles. The normalized spacial score (nSPS) is 25.1. The van der Waals surface area contributed by atoms with Gasteiger partial charge in [-0.1, -0.05) is 0 Å². The zero-order valence-electron chi connectivity index (χ0n) is 8.36. The third-order valence-electron chi connectivity index (χ3n) is 2.18. The van der Waals surface area contributed by atoms with E-state index in [0.29, 0.717) is 12.3 Å². The number of rotatable bonds is 1. The van der Waals surface area contributed by atoms with Gasteiger partial charge in [0.25, 0.3) is 0 Å². The molecule has 2 rings (SSSR count). The van der Waals surface area contributed by atoms with Crippen LogP contribution in [0.5, 0.6) is 0 Å². The van der Waals surface area contributed by atoms with Crippen molar-refractivity contribution in [1.29, 1.82) is 0 Å². The fraction of sp³-hybridized carbons (Fsp3) is 0.500. The first-order chi connectivity index (χ1) is 6.58. The van der Waals surface area contributed by atoms with Gasteiger partial charge in [0.1, 0.15) is 6.10 Å². The van der Waals surface area contributed by atoms with Crippen LogP contribution in [-0.2, 0) is 9.47 Å². The smallest absolute Gasteiger partial charge is 0.163 e. The van der Waals surface area contributed by atoms with Crippen molar-refractivity contribution in [2.75, 3.05) is 12.3 Å². The van der Waals surface area contributed by atoms with E-state index in [1.54, 1.807) is 12.3 Å². The second-order valence-electron chi connectivity index (χ2n) is 3.80. The van der Waals surface area contributed by atoms with Crippen LogP contribution in [0.15, 0.2) is 18.3 Å². The largest absolute Gasteiger partial charge is 0.397 e. The molecule has 1 fully saturated rings. The number of hydrogen-bond donors (Lipinski definition) is 1. The Bertz CT molecular complexity index is 339. The van der Waals surface area contributed by atoms with Gasteiger partial charge in [-0.15, -0.1) is 0 Å². The van der Waals surface area contributed by atoms with Crippen LogP contribution < -0.4 is 5.73 Å². The Labute approximate surface area is 83.0 Å². The highest BCUT2D eigenvalue weighted by Crippen LogP contribution is 2.33. The van der Waals surface area contributed by atoms with Crippen molar-refractivity contribution in [3.05, 3.63) is 24.0 Å². The first kappa shape index (κ1) is 9.43. The molecule has 0 bridgehead atoms. The van der Waals surface area contributed by atoms with Gasteiger partial charge in [-0.3, -0.25) is 4.98 Å². The Hall–Kier alpha value is -1.13. The monoisotopic (exact) mass is 194 g/mol. The highest BCUT2D eigenvalue weighted by molar-refractivity contribution is 5.43. The Morgan fingerprint density at radius 1 is 1.57 bits per heavy atom. The summed E-state index contributed by atoms with van der Waals surface area (Å²) in [7, 11) is 0. The Morgan fingerprint density at radius 2 is 2.36 bits per heavy atom. The zero-order chi connectivity index (χ0) is 10.2. The third kappa shape index (κ3) is 1.71. The highest BCUT2D eigenvalue weighted by atomic mass is 16.7. The number of hydrogen-bond acceptors (Lipinski definition) is 4. The van der Waals surface area contributed by atoms with Crippen LogP contribution in [0.3, 0.4) is 0 Å². The number of aromatic nitrogens is 1. The first-order valence-corrected chi connectivity index (χ1v) is 4.61. The Morgan fingerprint density at radius 3 is 2.93 bits per heavy atom. The van der Waals surface area contributed by atoms with Gasteiger partial charge in [-0.2, -0.15) is 0 Å². The number of pyridine rings is 1. The summed E-state index contributed by atoms with van der Waals surface area (Å²) in [6, 6.07) is 3.62. The summed E-state index contributed by atoms with van der Waals surface area (Å²) in [6.45, 7) is 4.27. The number of nitrogens with two attached hydrogens (primary N) is 1. The van der Waals surface area contributed by atoms with Crippen LogP contribution in [0.1, 0.15) is 25.6 Å². The van der Waals surface area contributed by atoms with Crippen LogP contribution in [0, 0.1) is 0 Å². The Kier molecular flexibility index (Phi) is 2.17. The highest BCUT2D eigenvalue weighted by Gasteiger charge is 2.35. The molecule has 0 saturated carbocycles. The second-order valence-corrected chi connectivity index (χ2v) is 3.80. The maximum Gasteiger partial charge on any atom is 0.163 e. The summed E-state index contributed by atoms with van der Waals surface area (Å²) in [5.74, 6) is -0.533. The first-order valence-electron chi connectivity index (χ1n) is 4.61. The van der Waals surface area contributed by atoms with Gasteiger partial charge in [0, 0.05) is 6.20 Å². The zero-order valence-corrected chi connectivity index (χ0v) is 8.36. The van der Waals surface area contributed by atoms with Crippen molar-refractivity contribution in [2.45, 2.75) is 25.7 Å². The fourth-order valence-electron chi connectivity index (χ4n) is 1.52. The van der Waals surface area contributed by atoms with Crippen LogP contribution in [0.4, 0.5) is 5.69 Å². The molecule has 14 heavy (non-hydrogen) atoms. The Balaban J connectivity index is 2.22. The lowest BCUT2D eigenvalue weighted by Gasteiger charge is -2.17. The molecule has 0 spiro atoms. The summed E-state index contributed by atoms with van der Waals surface area (Å²) in [6.07, 6.45) is 1.56. The van der Waals surface area contributed by atoms with Crippen molar-refractivity contribution >= 4 is 5.69 Å². The molecular formula is C10H14N2O2. The standard InChI is InChI=1S/C10H14N2O2/c1-10(2)13-6-8(14-10)9-7(11)4-3-5-12-9/h3-5,8H,6,11H2,1-2H3. The van der Waals surface area contributed by atoms with Gasteiger partial charge in [0.2, 0.25) is 0 Å². The van der Waals surface area contributed by atoms with Gasteiger partial charge >= 0.3 is 0 Å². The van der Waals surface area contributed by atoms with Gasteiger partial charge < -0.3 is 15.2 Å². The maximum atomic E-state index is 5.79. The fourth-order valence-corrected chi connectivity index (χ4v) is 1.52. The molecule has 2 N–H and O–H groups in total. The lowest BCUT2D eigenvalue weighted by molar-refractivity contribution is -0.139. The molecule has 1 aliphatic rings. The van der Waals surface area contributed by atoms with E-state index in [1.807, 2.05) is 19.9 Å². The van der Waals surface area contributed by atoms with Crippen LogP contribution in [0.2, 0.25) is 0 Å². The molecule has 4 heteroatoms. The number of anilines is 1. The third-order valence-corrected chi connectivity index (χ3v) is 2.18. The lowest BCUT2D eigenvalue weighted by Crippen LogP contribution is -2.20. The average molecular weight is 194 g/mol. The number of nitrogens with zero attached hydrogens (tertiary/aromatic N) is 1. The molecule has 0 amide bonds. The van der Waals surface area contributed by atoms with Gasteiger partial charge in [0.05, 0.1) is 18.0 Å². The van der Waals surface area contributed by atoms with Gasteiger partial charge in [-0.05, 0) is 26.0 Å². The predicted octanol–water partition coefficient (Wildman–Crippen LogP) is 1.49. The van der Waals surface area contributed by atoms with Crippen LogP contribution >= 0.6 is 0 Å². The van der Waals surface area contributed by atoms with Crippen molar-refractivity contribution in [3.63, 3.8) is 0 Å². The van der Waals surface area contributed by atoms with E-state index < -0.39 is 5.79 Å². The van der Waals surface area contributed by atoms with E-state index in [-0.39, 0.29) is 6.10 Å². The maximum absolute atomic E-state index is 5.79. The number of nitrogen functional groups attached to an aromatic ring is 1. The van der Waals surface area contributed by atoms with Crippen LogP contribution in [0.25, 0.3) is 0 Å². The summed E-state index contributed by atoms with van der Waals surface area (Å²) < 4.78 is 11.1. The van der Waals surface area contributed by atoms with E-state index in [1.165, 1.54) is 0 Å². The van der Waals surface area contributed by atoms with E-state index in [4.69, 9.17) is 15.2 Å². The van der Waals surface area contributed by atoms with Crippen molar-refractivity contribution in [3.8, 4) is 0 Å². The summed E-state index contributed by atoms with van der Waals surface area (Å²) in [5, 5.41) is 0. The molecule has 1 aromatic rings. The summed E-state index contributed by atoms with van der Waals surface area (Å²) in [4.78, 5) is 4.20. The van der Waals surface area contributed by atoms with Gasteiger partial charge in [0.15, 0.2) is 5.79 Å². The van der Waals surface area contributed by atoms with Crippen molar-refractivity contribution < 1.29 is 9.47 Å². The lowest BCUT2D eigenvalue weighted by atomic mass is 10.2. The summed E-state index contributed by atoms with van der Waals surface area (Å²) in [5.41, 5.74) is 7.20. The van der Waals surface area contributed by atoms with Crippen LogP contribution in [-0.4, -0.2) is 17.4 Å². The molecule has 0 aliphatic carbocycles. The molecule has 1 unspecified atom stereocenters. The average Bonchev–Trinajstić information content (AvgIpc) is 2.47. The molecular weight excluding hydrogens is 180 g/mol. The molecule has 0 aromatic carbocycles. The molecule has 4 nitrogen and oxygen atoms in total. The van der Waals surface area contributed by atoms with E-state index in [9.17, 15) is 0 Å². The van der Waals surface area contributed by atoms with E-state index >= 15 is 0 Å². The SMILES string of the molecule is CC1(C)OCC(c2ncccc2N)O1. The minimum absolute atomic E-state index is 0.147. The van der Waals surface area contributed by atoms with Gasteiger partial charge in [-0.25, -0.2) is 0 Å². The number of ether oxygens (including phenoxy) is 2. The molecule has 1 saturated heterocycles. The minimum Gasteiger partial charge on any atom is -0.397 e. The van der Waals surface area contributed by atoms with Crippen molar-refractivity contribution in [1.82, 2.24) is 4.98 Å².